The molecular formula is C20H19BrN4O4. The molecule has 2 aromatic carbocycles. The minimum atomic E-state index is -0.444. The highest BCUT2D eigenvalue weighted by atomic mass is 79.9. The first-order chi connectivity index (χ1) is 13.9. The lowest BCUT2D eigenvalue weighted by molar-refractivity contribution is -0.384. The summed E-state index contributed by atoms with van der Waals surface area (Å²) in [6.07, 6.45) is 0.183. The van der Waals surface area contributed by atoms with Crippen LogP contribution >= 0.6 is 15.9 Å². The molecule has 0 spiro atoms. The molecule has 150 valence electrons. The SMILES string of the molecule is O=C1C[C@@H](N2CCN(c3ccc([N+](=O)[O-])cc3)CC2)C(=O)N1c1cccc(Br)c1. The molecule has 2 amide bonds. The van der Waals surface area contributed by atoms with Gasteiger partial charge in [0.1, 0.15) is 0 Å². The van der Waals surface area contributed by atoms with Crippen LogP contribution < -0.4 is 9.80 Å². The summed E-state index contributed by atoms with van der Waals surface area (Å²) in [6, 6.07) is 13.2. The zero-order valence-corrected chi connectivity index (χ0v) is 17.1. The second-order valence-corrected chi connectivity index (χ2v) is 7.98. The van der Waals surface area contributed by atoms with Gasteiger partial charge < -0.3 is 4.90 Å². The molecule has 0 aliphatic carbocycles. The highest BCUT2D eigenvalue weighted by Crippen LogP contribution is 2.29. The summed E-state index contributed by atoms with van der Waals surface area (Å²) in [5.74, 6) is -0.368. The van der Waals surface area contributed by atoms with Gasteiger partial charge in [-0.05, 0) is 30.3 Å². The van der Waals surface area contributed by atoms with Crippen LogP contribution in [0.15, 0.2) is 53.0 Å². The number of imide groups is 1. The van der Waals surface area contributed by atoms with Gasteiger partial charge in [0.05, 0.1) is 23.1 Å². The molecule has 4 rings (SSSR count). The van der Waals surface area contributed by atoms with Gasteiger partial charge in [0, 0.05) is 48.5 Å². The van der Waals surface area contributed by atoms with Crippen LogP contribution in [0.3, 0.4) is 0 Å². The summed E-state index contributed by atoms with van der Waals surface area (Å²) in [5.41, 5.74) is 1.57. The predicted molar refractivity (Wildman–Crippen MR) is 112 cm³/mol. The number of hydrogen-bond acceptors (Lipinski definition) is 6. The van der Waals surface area contributed by atoms with E-state index in [1.807, 2.05) is 6.07 Å². The van der Waals surface area contributed by atoms with Crippen LogP contribution in [-0.4, -0.2) is 53.9 Å². The third-order valence-corrected chi connectivity index (χ3v) is 5.86. The zero-order chi connectivity index (χ0) is 20.5. The molecule has 0 N–H and O–H groups in total. The zero-order valence-electron chi connectivity index (χ0n) is 15.5. The Labute approximate surface area is 176 Å². The van der Waals surface area contributed by atoms with Crippen LogP contribution in [0.25, 0.3) is 0 Å². The van der Waals surface area contributed by atoms with Crippen molar-refractivity contribution in [2.75, 3.05) is 36.0 Å². The molecule has 0 aromatic heterocycles. The van der Waals surface area contributed by atoms with Crippen molar-refractivity contribution in [1.82, 2.24) is 4.90 Å². The van der Waals surface area contributed by atoms with E-state index < -0.39 is 11.0 Å². The molecule has 9 heteroatoms. The molecule has 2 aliphatic rings. The summed E-state index contributed by atoms with van der Waals surface area (Å²) in [4.78, 5) is 41.3. The van der Waals surface area contributed by atoms with E-state index in [4.69, 9.17) is 0 Å². The van der Waals surface area contributed by atoms with Crippen LogP contribution in [0.2, 0.25) is 0 Å². The number of piperazine rings is 1. The molecule has 0 unspecified atom stereocenters. The summed E-state index contributed by atoms with van der Waals surface area (Å²) in [5, 5.41) is 10.8. The van der Waals surface area contributed by atoms with Crippen LogP contribution in [0.1, 0.15) is 6.42 Å². The first-order valence-corrected chi connectivity index (χ1v) is 10.1. The Morgan fingerprint density at radius 1 is 0.966 bits per heavy atom. The van der Waals surface area contributed by atoms with Crippen molar-refractivity contribution in [1.29, 1.82) is 0 Å². The van der Waals surface area contributed by atoms with Crippen LogP contribution in [0.4, 0.5) is 17.1 Å². The summed E-state index contributed by atoms with van der Waals surface area (Å²) >= 11 is 3.38. The van der Waals surface area contributed by atoms with E-state index in [0.717, 1.165) is 10.2 Å². The Hall–Kier alpha value is -2.78. The first kappa shape index (κ1) is 19.5. The number of carbonyl (C=O) groups is 2. The number of carbonyl (C=O) groups excluding carboxylic acids is 2. The highest BCUT2D eigenvalue weighted by molar-refractivity contribution is 9.10. The monoisotopic (exact) mass is 458 g/mol. The van der Waals surface area contributed by atoms with E-state index in [0.29, 0.717) is 31.9 Å². The maximum Gasteiger partial charge on any atom is 0.269 e. The smallest absolute Gasteiger partial charge is 0.269 e. The average molecular weight is 459 g/mol. The number of amides is 2. The predicted octanol–water partition coefficient (Wildman–Crippen LogP) is 2.81. The lowest BCUT2D eigenvalue weighted by Gasteiger charge is -2.38. The van der Waals surface area contributed by atoms with Gasteiger partial charge in [0.2, 0.25) is 5.91 Å². The van der Waals surface area contributed by atoms with E-state index in [2.05, 4.69) is 25.7 Å². The van der Waals surface area contributed by atoms with E-state index in [-0.39, 0.29) is 23.9 Å². The van der Waals surface area contributed by atoms with E-state index in [1.165, 1.54) is 17.0 Å². The fraction of sp³-hybridized carbons (Fsp3) is 0.300. The van der Waals surface area contributed by atoms with Crippen molar-refractivity contribution in [3.8, 4) is 0 Å². The quantitative estimate of drug-likeness (QED) is 0.397. The number of non-ortho nitro benzene ring substituents is 1. The lowest BCUT2D eigenvalue weighted by atomic mass is 10.1. The van der Waals surface area contributed by atoms with Crippen molar-refractivity contribution in [3.63, 3.8) is 0 Å². The molecule has 2 fully saturated rings. The Balaban J connectivity index is 1.41. The number of halogens is 1. The van der Waals surface area contributed by atoms with Gasteiger partial charge in [0.25, 0.3) is 11.6 Å². The minimum Gasteiger partial charge on any atom is -0.369 e. The van der Waals surface area contributed by atoms with Gasteiger partial charge in [-0.15, -0.1) is 0 Å². The third kappa shape index (κ3) is 3.88. The number of hydrogen-bond donors (Lipinski definition) is 0. The maximum absolute atomic E-state index is 13.0. The average Bonchev–Trinajstić information content (AvgIpc) is 3.02. The van der Waals surface area contributed by atoms with Crippen molar-refractivity contribution in [2.45, 2.75) is 12.5 Å². The van der Waals surface area contributed by atoms with Crippen molar-refractivity contribution in [2.24, 2.45) is 0 Å². The molecule has 8 nitrogen and oxygen atoms in total. The van der Waals surface area contributed by atoms with Gasteiger partial charge >= 0.3 is 0 Å². The van der Waals surface area contributed by atoms with E-state index >= 15 is 0 Å². The van der Waals surface area contributed by atoms with Gasteiger partial charge in [-0.2, -0.15) is 0 Å². The number of nitrogens with zero attached hydrogens (tertiary/aromatic N) is 4. The molecule has 1 atom stereocenters. The fourth-order valence-corrected chi connectivity index (χ4v) is 4.25. The maximum atomic E-state index is 13.0. The molecule has 0 bridgehead atoms. The van der Waals surface area contributed by atoms with E-state index in [1.54, 1.807) is 30.3 Å². The number of nitro groups is 1. The Bertz CT molecular complexity index is 957. The second-order valence-electron chi connectivity index (χ2n) is 7.06. The number of nitro benzene ring substituents is 1. The molecule has 2 saturated heterocycles. The Morgan fingerprint density at radius 3 is 2.28 bits per heavy atom. The van der Waals surface area contributed by atoms with Gasteiger partial charge in [-0.1, -0.05) is 22.0 Å². The Kier molecular flexibility index (Phi) is 5.33. The molecule has 0 radical (unpaired) electrons. The van der Waals surface area contributed by atoms with Gasteiger partial charge in [-0.3, -0.25) is 24.6 Å². The van der Waals surface area contributed by atoms with Gasteiger partial charge in [-0.25, -0.2) is 4.90 Å². The Morgan fingerprint density at radius 2 is 1.66 bits per heavy atom. The summed E-state index contributed by atoms with van der Waals surface area (Å²) in [6.45, 7) is 2.67. The summed E-state index contributed by atoms with van der Waals surface area (Å²) in [7, 11) is 0. The van der Waals surface area contributed by atoms with Crippen molar-refractivity contribution in [3.05, 3.63) is 63.1 Å². The summed E-state index contributed by atoms with van der Waals surface area (Å²) < 4.78 is 0.816. The lowest BCUT2D eigenvalue weighted by Crippen LogP contribution is -2.52. The molecule has 2 heterocycles. The standard InChI is InChI=1S/C20H19BrN4O4/c21-14-2-1-3-17(12-14)24-19(26)13-18(20(24)27)23-10-8-22(9-11-23)15-4-6-16(7-5-15)25(28)29/h1-7,12,18H,8-11,13H2/t18-/m1/s1. The van der Waals surface area contributed by atoms with Crippen LogP contribution in [0.5, 0.6) is 0 Å². The largest absolute Gasteiger partial charge is 0.369 e. The van der Waals surface area contributed by atoms with E-state index in [9.17, 15) is 19.7 Å². The van der Waals surface area contributed by atoms with Gasteiger partial charge in [0.15, 0.2) is 0 Å². The first-order valence-electron chi connectivity index (χ1n) is 9.30. The molecule has 29 heavy (non-hydrogen) atoms. The molecule has 0 saturated carbocycles. The number of benzene rings is 2. The fourth-order valence-electron chi connectivity index (χ4n) is 3.86. The highest BCUT2D eigenvalue weighted by Gasteiger charge is 2.43. The third-order valence-electron chi connectivity index (χ3n) is 5.37. The molecule has 2 aliphatic heterocycles. The van der Waals surface area contributed by atoms with Crippen LogP contribution in [0, 0.1) is 10.1 Å². The number of anilines is 2. The minimum absolute atomic E-state index is 0.0649. The number of rotatable bonds is 4. The van der Waals surface area contributed by atoms with Crippen molar-refractivity contribution < 1.29 is 14.5 Å². The van der Waals surface area contributed by atoms with Crippen molar-refractivity contribution >= 4 is 44.8 Å². The molecular weight excluding hydrogens is 440 g/mol. The van der Waals surface area contributed by atoms with Crippen LogP contribution in [-0.2, 0) is 9.59 Å². The molecule has 2 aromatic rings. The second kappa shape index (κ2) is 7.92. The normalized spacial score (nSPS) is 20.4. The topological polar surface area (TPSA) is 87.0 Å².